The smallest absolute Gasteiger partial charge is 0.195 e. The second-order valence-corrected chi connectivity index (χ2v) is 7.55. The van der Waals surface area contributed by atoms with Crippen LogP contribution in [0.1, 0.15) is 46.0 Å². The summed E-state index contributed by atoms with van der Waals surface area (Å²) < 4.78 is 13.4. The van der Waals surface area contributed by atoms with Gasteiger partial charge in [-0.05, 0) is 48.9 Å². The number of aliphatic imine (C=N–C) groups is 1. The molecule has 0 spiro atoms. The number of nitrogens with one attached hydrogen (secondary N) is 2. The predicted molar refractivity (Wildman–Crippen MR) is 99.7 cm³/mol. The van der Waals surface area contributed by atoms with Crippen LogP contribution in [0, 0.1) is 17.2 Å². The lowest BCUT2D eigenvalue weighted by molar-refractivity contribution is 0.356. The molecule has 5 heteroatoms. The first kappa shape index (κ1) is 18.7. The average molecular weight is 334 g/mol. The zero-order valence-electron chi connectivity index (χ0n) is 14.9. The molecule has 0 saturated heterocycles. The summed E-state index contributed by atoms with van der Waals surface area (Å²) in [5.74, 6) is 1.14. The molecule has 4 nitrogen and oxygen atoms in total. The van der Waals surface area contributed by atoms with Crippen molar-refractivity contribution in [3.8, 4) is 0 Å². The minimum Gasteiger partial charge on any atom is -0.356 e. The van der Waals surface area contributed by atoms with Crippen molar-refractivity contribution in [2.45, 2.75) is 46.0 Å². The summed E-state index contributed by atoms with van der Waals surface area (Å²) >= 11 is 0. The predicted octanol–water partition coefficient (Wildman–Crippen LogP) is 3.75. The molecule has 1 fully saturated rings. The molecule has 0 unspecified atom stereocenters. The molecule has 0 radical (unpaired) electrons. The maximum Gasteiger partial charge on any atom is 0.195 e. The zero-order chi connectivity index (χ0) is 17.4. The van der Waals surface area contributed by atoms with Gasteiger partial charge in [0, 0.05) is 18.8 Å². The van der Waals surface area contributed by atoms with E-state index in [-0.39, 0.29) is 11.2 Å². The minimum absolute atomic E-state index is 0.0542. The molecule has 24 heavy (non-hydrogen) atoms. The van der Waals surface area contributed by atoms with Gasteiger partial charge in [0.2, 0.25) is 0 Å². The highest BCUT2D eigenvalue weighted by molar-refractivity contribution is 5.93. The quantitative estimate of drug-likeness (QED) is 0.548. The van der Waals surface area contributed by atoms with Gasteiger partial charge in [-0.2, -0.15) is 0 Å². The number of nitrogens with zero attached hydrogens (tertiary/aromatic N) is 1. The second-order valence-electron chi connectivity index (χ2n) is 7.55. The van der Waals surface area contributed by atoms with Crippen molar-refractivity contribution in [1.29, 1.82) is 0 Å². The van der Waals surface area contributed by atoms with E-state index in [1.54, 1.807) is 6.07 Å². The van der Waals surface area contributed by atoms with E-state index in [4.69, 9.17) is 5.73 Å². The topological polar surface area (TPSA) is 62.4 Å². The van der Waals surface area contributed by atoms with E-state index >= 15 is 0 Å². The van der Waals surface area contributed by atoms with E-state index in [1.807, 2.05) is 6.07 Å². The Morgan fingerprint density at radius 3 is 2.71 bits per heavy atom. The first-order chi connectivity index (χ1) is 11.5. The number of anilines is 1. The third kappa shape index (κ3) is 6.48. The van der Waals surface area contributed by atoms with E-state index in [2.05, 4.69) is 29.5 Å². The van der Waals surface area contributed by atoms with Crippen LogP contribution in [0.5, 0.6) is 0 Å². The van der Waals surface area contributed by atoms with Crippen LogP contribution in [0.25, 0.3) is 0 Å². The third-order valence-corrected chi connectivity index (χ3v) is 4.59. The Balaban J connectivity index is 2.00. The van der Waals surface area contributed by atoms with Gasteiger partial charge in [-0.25, -0.2) is 4.39 Å². The molecule has 1 saturated carbocycles. The van der Waals surface area contributed by atoms with Crippen molar-refractivity contribution in [3.63, 3.8) is 0 Å². The molecule has 2 rings (SSSR count). The fourth-order valence-corrected chi connectivity index (χ4v) is 2.83. The minimum atomic E-state index is -0.256. The van der Waals surface area contributed by atoms with Crippen molar-refractivity contribution < 1.29 is 4.39 Å². The van der Waals surface area contributed by atoms with Gasteiger partial charge in [-0.15, -0.1) is 0 Å². The summed E-state index contributed by atoms with van der Waals surface area (Å²) in [6.07, 6.45) is 6.53. The van der Waals surface area contributed by atoms with Crippen LogP contribution in [0.15, 0.2) is 29.3 Å². The lowest BCUT2D eigenvalue weighted by Gasteiger charge is -2.24. The lowest BCUT2D eigenvalue weighted by atomic mass is 9.89. The molecule has 0 atom stereocenters. The summed E-state index contributed by atoms with van der Waals surface area (Å²) in [5.41, 5.74) is 6.45. The monoisotopic (exact) mass is 334 g/mol. The van der Waals surface area contributed by atoms with Gasteiger partial charge in [-0.3, -0.25) is 4.99 Å². The van der Waals surface area contributed by atoms with E-state index in [0.29, 0.717) is 30.7 Å². The molecule has 1 aromatic carbocycles. The van der Waals surface area contributed by atoms with Gasteiger partial charge < -0.3 is 16.4 Å². The van der Waals surface area contributed by atoms with E-state index in [0.717, 1.165) is 6.54 Å². The molecular formula is C19H31FN4. The Bertz CT molecular complexity index is 536. The van der Waals surface area contributed by atoms with E-state index in [1.165, 1.54) is 44.2 Å². The number of hydrogen-bond acceptors (Lipinski definition) is 2. The Morgan fingerprint density at radius 1 is 1.29 bits per heavy atom. The third-order valence-electron chi connectivity index (χ3n) is 4.59. The highest BCUT2D eigenvalue weighted by Gasteiger charge is 2.17. The summed E-state index contributed by atoms with van der Waals surface area (Å²) in [6.45, 7) is 6.30. The van der Waals surface area contributed by atoms with Gasteiger partial charge in [0.15, 0.2) is 5.96 Å². The SMILES string of the molecule is CC(C)(CN)CN=C(NCC1CCCCC1)Nc1cccc(F)c1. The molecule has 1 aromatic rings. The van der Waals surface area contributed by atoms with E-state index < -0.39 is 0 Å². The number of rotatable bonds is 6. The number of halogens is 1. The maximum absolute atomic E-state index is 13.4. The Labute approximate surface area is 145 Å². The van der Waals surface area contributed by atoms with Crippen LogP contribution >= 0.6 is 0 Å². The van der Waals surface area contributed by atoms with E-state index in [9.17, 15) is 4.39 Å². The summed E-state index contributed by atoms with van der Waals surface area (Å²) in [4.78, 5) is 4.67. The first-order valence-corrected chi connectivity index (χ1v) is 8.99. The lowest BCUT2D eigenvalue weighted by Crippen LogP contribution is -2.37. The van der Waals surface area contributed by atoms with Gasteiger partial charge in [0.05, 0.1) is 0 Å². The standard InChI is InChI=1S/C19H31FN4/c1-19(2,13-21)14-23-18(22-12-15-7-4-3-5-8-15)24-17-10-6-9-16(20)11-17/h6,9-11,15H,3-5,7-8,12-14,21H2,1-2H3,(H2,22,23,24). The molecule has 0 amide bonds. The number of hydrogen-bond donors (Lipinski definition) is 3. The largest absolute Gasteiger partial charge is 0.356 e. The van der Waals surface area contributed by atoms with Gasteiger partial charge in [0.25, 0.3) is 0 Å². The molecule has 4 N–H and O–H groups in total. The second kappa shape index (κ2) is 9.02. The summed E-state index contributed by atoms with van der Waals surface area (Å²) in [7, 11) is 0. The molecule has 0 heterocycles. The Kier molecular flexibility index (Phi) is 7.03. The van der Waals surface area contributed by atoms with Crippen LogP contribution in [-0.4, -0.2) is 25.6 Å². The van der Waals surface area contributed by atoms with Gasteiger partial charge in [0.1, 0.15) is 5.82 Å². The normalized spacial score (nSPS) is 16.9. The number of guanidine groups is 1. The van der Waals surface area contributed by atoms with Crippen molar-refractivity contribution in [2.24, 2.45) is 22.1 Å². The molecule has 1 aliphatic rings. The van der Waals surface area contributed by atoms with Crippen LogP contribution < -0.4 is 16.4 Å². The van der Waals surface area contributed by atoms with Gasteiger partial charge in [-0.1, -0.05) is 39.2 Å². The molecule has 0 aliphatic heterocycles. The van der Waals surface area contributed by atoms with Crippen LogP contribution in [0.2, 0.25) is 0 Å². The fourth-order valence-electron chi connectivity index (χ4n) is 2.83. The zero-order valence-corrected chi connectivity index (χ0v) is 14.9. The van der Waals surface area contributed by atoms with Crippen LogP contribution in [0.4, 0.5) is 10.1 Å². The Hall–Kier alpha value is -1.62. The molecule has 0 bridgehead atoms. The Morgan fingerprint density at radius 2 is 2.04 bits per heavy atom. The highest BCUT2D eigenvalue weighted by atomic mass is 19.1. The first-order valence-electron chi connectivity index (χ1n) is 8.99. The fraction of sp³-hybridized carbons (Fsp3) is 0.632. The molecule has 134 valence electrons. The number of benzene rings is 1. The molecular weight excluding hydrogens is 303 g/mol. The molecule has 1 aliphatic carbocycles. The van der Waals surface area contributed by atoms with Crippen molar-refractivity contribution in [3.05, 3.63) is 30.1 Å². The van der Waals surface area contributed by atoms with Crippen LogP contribution in [0.3, 0.4) is 0 Å². The average Bonchev–Trinajstić information content (AvgIpc) is 2.58. The van der Waals surface area contributed by atoms with Gasteiger partial charge >= 0.3 is 0 Å². The summed E-state index contributed by atoms with van der Waals surface area (Å²) in [6, 6.07) is 6.45. The molecule has 0 aromatic heterocycles. The highest BCUT2D eigenvalue weighted by Crippen LogP contribution is 2.22. The van der Waals surface area contributed by atoms with Crippen molar-refractivity contribution in [1.82, 2.24) is 5.32 Å². The van der Waals surface area contributed by atoms with Crippen LogP contribution in [-0.2, 0) is 0 Å². The summed E-state index contributed by atoms with van der Waals surface area (Å²) in [5, 5.41) is 6.64. The van der Waals surface area contributed by atoms with Crippen molar-refractivity contribution >= 4 is 11.6 Å². The maximum atomic E-state index is 13.4. The number of nitrogens with two attached hydrogens (primary N) is 1. The van der Waals surface area contributed by atoms with Crippen molar-refractivity contribution in [2.75, 3.05) is 25.0 Å².